The summed E-state index contributed by atoms with van der Waals surface area (Å²) in [6.07, 6.45) is 16.0. The first-order valence-electron chi connectivity index (χ1n) is 44.0. The number of carbonyl (C=O) groups excluding carboxylic acids is 5. The fraction of sp³-hybridized carbons (Fsp3) is 0.562. The van der Waals surface area contributed by atoms with Crippen LogP contribution in [0.4, 0.5) is 11.4 Å². The molecule has 1 aliphatic carbocycles. The van der Waals surface area contributed by atoms with Crippen molar-refractivity contribution in [3.05, 3.63) is 113 Å². The number of carbonyl (C=O) groups is 5. The zero-order valence-electron chi connectivity index (χ0n) is 74.6. The Kier molecular flexibility index (Phi) is 46.3. The van der Waals surface area contributed by atoms with Crippen LogP contribution in [0, 0.1) is 43.3 Å². The largest absolute Gasteiger partial charge is 0.510 e. The zero-order chi connectivity index (χ0) is 95.4. The van der Waals surface area contributed by atoms with Crippen LogP contribution in [0.3, 0.4) is 0 Å². The lowest BCUT2D eigenvalue weighted by molar-refractivity contribution is -0.123. The van der Waals surface area contributed by atoms with Crippen LogP contribution in [0.1, 0.15) is 143 Å². The van der Waals surface area contributed by atoms with Crippen molar-refractivity contribution in [2.24, 2.45) is 45.9 Å². The highest BCUT2D eigenvalue weighted by Gasteiger charge is 2.41. The van der Waals surface area contributed by atoms with Gasteiger partial charge in [-0.15, -0.1) is 20.4 Å². The number of ketones is 1. The number of nitrogens with one attached hydrogen (secondary N) is 20. The molecule has 1 unspecified atom stereocenters. The second kappa shape index (κ2) is 58.3. The number of nitrogens with zero attached hydrogens (tertiary/aromatic N) is 14. The Labute approximate surface area is 764 Å². The van der Waals surface area contributed by atoms with Crippen LogP contribution in [0.25, 0.3) is 5.57 Å². The fourth-order valence-electron chi connectivity index (χ4n) is 13.9. The molecule has 37 N–H and O–H groups in total. The van der Waals surface area contributed by atoms with E-state index in [-0.39, 0.29) is 141 Å². The van der Waals surface area contributed by atoms with Crippen molar-refractivity contribution < 1.29 is 48.0 Å². The lowest BCUT2D eigenvalue weighted by atomic mass is 9.75. The number of hydrogen-bond donors (Lipinski definition) is 29. The number of unbranched alkanes of at least 4 members (excludes halogenated alkanes) is 4. The van der Waals surface area contributed by atoms with Crippen molar-refractivity contribution in [1.29, 1.82) is 43.3 Å². The van der Waals surface area contributed by atoms with Crippen LogP contribution in [0.15, 0.2) is 79.1 Å². The molecule has 724 valence electrons. The second-order valence-corrected chi connectivity index (χ2v) is 31.1. The van der Waals surface area contributed by atoms with E-state index < -0.39 is 30.1 Å². The topological polar surface area (TPSA) is 815 Å². The maximum atomic E-state index is 14.3. The van der Waals surface area contributed by atoms with Gasteiger partial charge < -0.3 is 144 Å². The molecule has 0 aliphatic heterocycles. The normalized spacial score (nSPS) is 13.1. The van der Waals surface area contributed by atoms with E-state index in [2.05, 4.69) is 115 Å². The van der Waals surface area contributed by atoms with Crippen LogP contribution in [0.2, 0.25) is 0 Å². The smallest absolute Gasteiger partial charge is 0.242 e. The molecule has 4 aromatic heterocycles. The number of amides is 4. The van der Waals surface area contributed by atoms with Gasteiger partial charge in [-0.25, -0.2) is 0 Å². The molecule has 5 atom stereocenters. The van der Waals surface area contributed by atoms with Crippen LogP contribution in [0.5, 0.6) is 0 Å². The van der Waals surface area contributed by atoms with Gasteiger partial charge in [0.2, 0.25) is 23.6 Å². The molecule has 0 radical (unpaired) electrons. The summed E-state index contributed by atoms with van der Waals surface area (Å²) in [5.41, 5.74) is 49.0. The molecule has 4 heterocycles. The number of aliphatic hydroxyl groups excluding tert-OH is 1. The number of rotatable bonds is 68. The Balaban J connectivity index is 0.962. The van der Waals surface area contributed by atoms with Gasteiger partial charge in [-0.2, -0.15) is 0 Å². The van der Waals surface area contributed by atoms with E-state index in [0.29, 0.717) is 241 Å². The maximum Gasteiger partial charge on any atom is 0.242 e. The number of aliphatic hydroxyl groups is 1. The minimum atomic E-state index is -0.917. The molecule has 0 saturated carbocycles. The monoisotopic (exact) mass is 1840 g/mol. The summed E-state index contributed by atoms with van der Waals surface area (Å²) >= 11 is 0. The van der Waals surface area contributed by atoms with Crippen LogP contribution < -0.4 is 119 Å². The molecule has 6 aromatic rings. The van der Waals surface area contributed by atoms with Gasteiger partial charge in [-0.05, 0) is 138 Å². The summed E-state index contributed by atoms with van der Waals surface area (Å²) in [5, 5.41) is 139. The van der Waals surface area contributed by atoms with Gasteiger partial charge in [0.25, 0.3) is 0 Å². The molecule has 132 heavy (non-hydrogen) atoms. The highest BCUT2D eigenvalue weighted by molar-refractivity contribution is 6.32. The third kappa shape index (κ3) is 40.6. The molecule has 2 aromatic carbocycles. The molecule has 7 rings (SSSR count). The molecular formula is C80H134N42O10. The van der Waals surface area contributed by atoms with Crippen molar-refractivity contribution in [3.8, 4) is 0 Å². The van der Waals surface area contributed by atoms with E-state index in [0.717, 1.165) is 11.4 Å². The van der Waals surface area contributed by atoms with E-state index in [1.807, 2.05) is 36.4 Å². The highest BCUT2D eigenvalue weighted by atomic mass is 16.5. The highest BCUT2D eigenvalue weighted by Crippen LogP contribution is 2.43. The number of benzene rings is 2. The summed E-state index contributed by atoms with van der Waals surface area (Å²) in [6, 6.07) is 11.8. The van der Waals surface area contributed by atoms with Crippen molar-refractivity contribution in [3.63, 3.8) is 0 Å². The number of allylic oxidation sites excluding steroid dienone is 2. The van der Waals surface area contributed by atoms with Gasteiger partial charge in [-0.3, -0.25) is 86.0 Å². The maximum absolute atomic E-state index is 14.3. The summed E-state index contributed by atoms with van der Waals surface area (Å²) in [7, 11) is 0. The van der Waals surface area contributed by atoms with Crippen molar-refractivity contribution in [2.75, 3.05) is 115 Å². The minimum absolute atomic E-state index is 0.0735. The minimum Gasteiger partial charge on any atom is -0.510 e. The first-order valence-corrected chi connectivity index (χ1v) is 44.0. The average Bonchev–Trinajstić information content (AvgIpc) is 0.918. The van der Waals surface area contributed by atoms with Gasteiger partial charge in [0.15, 0.2) is 53.5 Å². The summed E-state index contributed by atoms with van der Waals surface area (Å²) in [4.78, 5) is 70.6. The molecule has 0 saturated heterocycles. The van der Waals surface area contributed by atoms with E-state index in [9.17, 15) is 29.1 Å². The standard InChI is InChI=1S/C80H134N42O10/c81-73(82)101-25-5-1-13-61(105-77(89)90)69(125)97-29-9-33-119-45-55(109-113-119)49-129-41-37-117(38-42-130-50-56-46-120(114-110-56)34-10-30-98-70(126)62(106-78(91)92)14-2-6-26-102-74(83)84)59-21-17-53(18-22-59)65-67(123)66(68(65)124)54-19-23-60(24-20-54)118(39-43-131-51-57-47-121(115-111-57)35-11-31-99-71(127)63(107-79(93)94)15-3-7-27-103-75(85)86)40-44-132-52-58-48-122(116-112-58)36-12-32-100-72(128)64(108-80(95)96)16-4-8-28-104-76(87)88/h17-24,45-48,61-65,123H,1-16,25-44,49-52H2,(H,97,125)(H,98,126)(H,99,127)(H,100,128)(H4,81,82,101)(H4,83,84,102)(H4,85,86,103)(H4,87,88,104)(H4,89,90,105)(H4,91,92,106)(H4,93,94,107)(H4,95,96,108)/t61-,62-,63-,64-,65?/m0/s1. The lowest BCUT2D eigenvalue weighted by Gasteiger charge is -2.30. The molecule has 52 nitrogen and oxygen atoms in total. The Morgan fingerprint density at radius 3 is 0.848 bits per heavy atom. The van der Waals surface area contributed by atoms with Crippen molar-refractivity contribution in [2.45, 2.75) is 185 Å². The number of Topliss-reactive ketones (excluding diaryl/α,β-unsaturated/α-hetero) is 1. The van der Waals surface area contributed by atoms with E-state index in [1.54, 1.807) is 55.6 Å². The SMILES string of the molecule is N=C(N)NCCCC[C@H](NC(=N)N)C(=O)NCCCn1cc(COCCN(CCOCc2cn(CCCNC(=O)[C@H](CCCCNC(=N)N)NC(=N)N)nn2)c2ccc(C3=C(O)C(c4ccc(N(CCOCc5cn(CCCNC(=O)[C@H](CCCCNC(=N)N)NC(=N)N)nn5)CCOCc5cn(CCCNC(=O)[C@H](CCCCNC(=N)N)NC(=N)N)nn5)cc4)C3=O)cc2)nn1. The fourth-order valence-corrected chi connectivity index (χ4v) is 13.9. The summed E-state index contributed by atoms with van der Waals surface area (Å²) in [6.45, 7) is 8.18. The van der Waals surface area contributed by atoms with Crippen LogP contribution >= 0.6 is 0 Å². The molecule has 52 heteroatoms. The number of hydrogen-bond acceptors (Lipinski definition) is 28. The quantitative estimate of drug-likeness (QED) is 0.00989. The number of aromatic nitrogens is 12. The Morgan fingerprint density at radius 1 is 0.356 bits per heavy atom. The predicted molar refractivity (Wildman–Crippen MR) is 494 cm³/mol. The molecule has 4 amide bonds. The third-order valence-corrected chi connectivity index (χ3v) is 20.5. The van der Waals surface area contributed by atoms with Gasteiger partial charge in [-0.1, -0.05) is 45.1 Å². The Hall–Kier alpha value is -14.3. The van der Waals surface area contributed by atoms with Crippen LogP contribution in [-0.2, 0) is 95.5 Å². The van der Waals surface area contributed by atoms with E-state index >= 15 is 0 Å². The first kappa shape index (κ1) is 105. The van der Waals surface area contributed by atoms with Gasteiger partial charge >= 0.3 is 0 Å². The van der Waals surface area contributed by atoms with Crippen molar-refractivity contribution >= 4 is 94.0 Å². The van der Waals surface area contributed by atoms with E-state index in [1.165, 1.54) is 0 Å². The number of aryl methyl sites for hydroxylation is 4. The molecule has 0 spiro atoms. The van der Waals surface area contributed by atoms with Crippen LogP contribution in [-0.4, -0.2) is 271 Å². The van der Waals surface area contributed by atoms with Gasteiger partial charge in [0, 0.05) is 116 Å². The van der Waals surface area contributed by atoms with Gasteiger partial charge in [0.05, 0.1) is 83.2 Å². The number of ether oxygens (including phenoxy) is 4. The van der Waals surface area contributed by atoms with Crippen molar-refractivity contribution in [1.82, 2.24) is 124 Å². The summed E-state index contributed by atoms with van der Waals surface area (Å²) in [5.74, 6) is -4.27. The Morgan fingerprint density at radius 2 is 0.606 bits per heavy atom. The predicted octanol–water partition coefficient (Wildman–Crippen LogP) is -3.79. The first-order chi connectivity index (χ1) is 63.6. The molecule has 0 bridgehead atoms. The van der Waals surface area contributed by atoms with Gasteiger partial charge in [0.1, 0.15) is 58.6 Å². The number of guanidine groups is 8. The zero-order valence-corrected chi connectivity index (χ0v) is 74.6. The lowest BCUT2D eigenvalue weighted by Crippen LogP contribution is -2.49. The molecular weight excluding hydrogens is 1710 g/mol. The molecule has 0 fully saturated rings. The third-order valence-electron chi connectivity index (χ3n) is 20.5. The summed E-state index contributed by atoms with van der Waals surface area (Å²) < 4.78 is 31.3. The second-order valence-electron chi connectivity index (χ2n) is 31.1. The number of nitrogens with two attached hydrogens (primary N) is 8. The Bertz CT molecular complexity index is 4430. The van der Waals surface area contributed by atoms with E-state index in [4.69, 9.17) is 108 Å². The molecule has 1 aliphatic rings. The average molecular weight is 1840 g/mol. The number of anilines is 2.